The summed E-state index contributed by atoms with van der Waals surface area (Å²) < 4.78 is 16.6. The van der Waals surface area contributed by atoms with Crippen molar-refractivity contribution < 1.29 is 28.6 Å². The summed E-state index contributed by atoms with van der Waals surface area (Å²) in [6.45, 7) is 5.11. The molecule has 1 saturated heterocycles. The fourth-order valence-corrected chi connectivity index (χ4v) is 3.96. The SMILES string of the molecule is CCCOc1ccc(C2/C(=C(\O)c3ccc(OCC)cc3)C(=O)C(=O)N2Cc2ccco2)cc1. The zero-order chi connectivity index (χ0) is 24.1. The Morgan fingerprint density at radius 1 is 0.971 bits per heavy atom. The van der Waals surface area contributed by atoms with Crippen molar-refractivity contribution >= 4 is 17.4 Å². The number of aliphatic hydroxyl groups excluding tert-OH is 1. The molecule has 3 aromatic rings. The van der Waals surface area contributed by atoms with E-state index in [0.717, 1.165) is 6.42 Å². The standard InChI is InChI=1S/C27H27NO6/c1-3-15-33-21-11-7-18(8-12-21)24-23(25(29)19-9-13-20(14-10-19)32-4-2)26(30)27(31)28(24)17-22-6-5-16-34-22/h5-14,16,24,29H,3-4,15,17H2,1-2H3/b25-23+. The molecule has 4 rings (SSSR count). The van der Waals surface area contributed by atoms with Gasteiger partial charge in [-0.1, -0.05) is 19.1 Å². The molecule has 0 bridgehead atoms. The zero-order valence-electron chi connectivity index (χ0n) is 19.2. The van der Waals surface area contributed by atoms with Gasteiger partial charge in [-0.3, -0.25) is 9.59 Å². The highest BCUT2D eigenvalue weighted by Crippen LogP contribution is 2.40. The quantitative estimate of drug-likeness (QED) is 0.271. The number of aliphatic hydroxyl groups is 1. The number of Topliss-reactive ketones (excluding diaryl/α,β-unsaturated/α-hetero) is 1. The molecule has 2 aromatic carbocycles. The number of hydrogen-bond donors (Lipinski definition) is 1. The lowest BCUT2D eigenvalue weighted by Gasteiger charge is -2.24. The summed E-state index contributed by atoms with van der Waals surface area (Å²) in [6, 6.07) is 16.7. The first-order chi connectivity index (χ1) is 16.5. The smallest absolute Gasteiger partial charge is 0.296 e. The fourth-order valence-electron chi connectivity index (χ4n) is 3.96. The van der Waals surface area contributed by atoms with Crippen molar-refractivity contribution in [2.75, 3.05) is 13.2 Å². The lowest BCUT2D eigenvalue weighted by atomic mass is 9.95. The third kappa shape index (κ3) is 4.69. The van der Waals surface area contributed by atoms with Gasteiger partial charge in [-0.05, 0) is 67.4 Å². The van der Waals surface area contributed by atoms with Gasteiger partial charge in [-0.2, -0.15) is 0 Å². The predicted molar refractivity (Wildman–Crippen MR) is 126 cm³/mol. The largest absolute Gasteiger partial charge is 0.507 e. The van der Waals surface area contributed by atoms with Crippen LogP contribution < -0.4 is 9.47 Å². The summed E-state index contributed by atoms with van der Waals surface area (Å²) >= 11 is 0. The molecule has 0 spiro atoms. The Bertz CT molecular complexity index is 1160. The van der Waals surface area contributed by atoms with Crippen LogP contribution in [0.4, 0.5) is 0 Å². The molecule has 7 nitrogen and oxygen atoms in total. The molecule has 176 valence electrons. The number of carbonyl (C=O) groups excluding carboxylic acids is 2. The fraction of sp³-hybridized carbons (Fsp3) is 0.259. The van der Waals surface area contributed by atoms with E-state index in [-0.39, 0.29) is 17.9 Å². The highest BCUT2D eigenvalue weighted by atomic mass is 16.5. The molecule has 1 aromatic heterocycles. The van der Waals surface area contributed by atoms with Crippen molar-refractivity contribution in [1.29, 1.82) is 0 Å². The molecule has 1 aliphatic heterocycles. The van der Waals surface area contributed by atoms with Crippen LogP contribution in [-0.4, -0.2) is 34.9 Å². The number of likely N-dealkylation sites (tertiary alicyclic amines) is 1. The molecule has 0 saturated carbocycles. The van der Waals surface area contributed by atoms with E-state index in [0.29, 0.717) is 41.6 Å². The third-order valence-corrected chi connectivity index (χ3v) is 5.55. The predicted octanol–water partition coefficient (Wildman–Crippen LogP) is 5.09. The number of ketones is 1. The van der Waals surface area contributed by atoms with Crippen LogP contribution >= 0.6 is 0 Å². The van der Waals surface area contributed by atoms with Crippen LogP contribution in [0.15, 0.2) is 76.9 Å². The molecule has 0 radical (unpaired) electrons. The van der Waals surface area contributed by atoms with Gasteiger partial charge in [0.1, 0.15) is 23.0 Å². The summed E-state index contributed by atoms with van der Waals surface area (Å²) in [7, 11) is 0. The summed E-state index contributed by atoms with van der Waals surface area (Å²) in [6.07, 6.45) is 2.40. The van der Waals surface area contributed by atoms with Gasteiger partial charge >= 0.3 is 0 Å². The number of hydrogen-bond acceptors (Lipinski definition) is 6. The first kappa shape index (κ1) is 23.2. The van der Waals surface area contributed by atoms with E-state index >= 15 is 0 Å². The van der Waals surface area contributed by atoms with Crippen molar-refractivity contribution in [2.24, 2.45) is 0 Å². The number of rotatable bonds is 9. The van der Waals surface area contributed by atoms with Crippen molar-refractivity contribution in [2.45, 2.75) is 32.9 Å². The molecule has 1 atom stereocenters. The molecule has 1 unspecified atom stereocenters. The Labute approximate surface area is 198 Å². The molecule has 1 N–H and O–H groups in total. The van der Waals surface area contributed by atoms with E-state index in [2.05, 4.69) is 0 Å². The van der Waals surface area contributed by atoms with Gasteiger partial charge in [0.2, 0.25) is 0 Å². The van der Waals surface area contributed by atoms with Gasteiger partial charge in [-0.15, -0.1) is 0 Å². The van der Waals surface area contributed by atoms with E-state index in [1.54, 1.807) is 48.5 Å². The number of carbonyl (C=O) groups is 2. The Morgan fingerprint density at radius 2 is 1.65 bits per heavy atom. The Balaban J connectivity index is 1.76. The minimum atomic E-state index is -0.781. The molecule has 0 aliphatic carbocycles. The monoisotopic (exact) mass is 461 g/mol. The second-order valence-electron chi connectivity index (χ2n) is 7.88. The maximum Gasteiger partial charge on any atom is 0.296 e. The van der Waals surface area contributed by atoms with Crippen molar-refractivity contribution in [3.05, 3.63) is 89.4 Å². The molecule has 34 heavy (non-hydrogen) atoms. The minimum Gasteiger partial charge on any atom is -0.507 e. The molecule has 1 aliphatic rings. The molecule has 1 fully saturated rings. The van der Waals surface area contributed by atoms with Crippen LogP contribution in [-0.2, 0) is 16.1 Å². The maximum atomic E-state index is 13.1. The number of benzene rings is 2. The minimum absolute atomic E-state index is 0.0305. The van der Waals surface area contributed by atoms with Gasteiger partial charge in [0.05, 0.1) is 37.6 Å². The second kappa shape index (κ2) is 10.3. The average Bonchev–Trinajstić information content (AvgIpc) is 3.46. The first-order valence-corrected chi connectivity index (χ1v) is 11.3. The van der Waals surface area contributed by atoms with Gasteiger partial charge in [0.25, 0.3) is 11.7 Å². The van der Waals surface area contributed by atoms with E-state index < -0.39 is 17.7 Å². The van der Waals surface area contributed by atoms with Gasteiger partial charge in [-0.25, -0.2) is 0 Å². The number of ether oxygens (including phenoxy) is 2. The number of furan rings is 1. The van der Waals surface area contributed by atoms with Gasteiger partial charge in [0.15, 0.2) is 0 Å². The molecule has 2 heterocycles. The molecule has 1 amide bonds. The third-order valence-electron chi connectivity index (χ3n) is 5.55. The van der Waals surface area contributed by atoms with Gasteiger partial charge < -0.3 is 23.9 Å². The molecular formula is C27H27NO6. The zero-order valence-corrected chi connectivity index (χ0v) is 19.2. The Kier molecular flexibility index (Phi) is 7.01. The van der Waals surface area contributed by atoms with E-state index in [4.69, 9.17) is 13.9 Å². The average molecular weight is 462 g/mol. The maximum absolute atomic E-state index is 13.1. The number of nitrogens with zero attached hydrogens (tertiary/aromatic N) is 1. The lowest BCUT2D eigenvalue weighted by molar-refractivity contribution is -0.140. The van der Waals surface area contributed by atoms with Crippen LogP contribution in [0.25, 0.3) is 5.76 Å². The van der Waals surface area contributed by atoms with Gasteiger partial charge in [0, 0.05) is 5.56 Å². The molecule has 7 heteroatoms. The summed E-state index contributed by atoms with van der Waals surface area (Å²) in [5.41, 5.74) is 1.14. The van der Waals surface area contributed by atoms with Crippen LogP contribution in [0.1, 0.15) is 43.2 Å². The van der Waals surface area contributed by atoms with Crippen molar-refractivity contribution in [3.63, 3.8) is 0 Å². The van der Waals surface area contributed by atoms with Crippen LogP contribution in [0.2, 0.25) is 0 Å². The highest BCUT2D eigenvalue weighted by Gasteiger charge is 2.46. The van der Waals surface area contributed by atoms with E-state index in [1.807, 2.05) is 26.0 Å². The lowest BCUT2D eigenvalue weighted by Crippen LogP contribution is -2.29. The second-order valence-corrected chi connectivity index (χ2v) is 7.88. The first-order valence-electron chi connectivity index (χ1n) is 11.3. The highest BCUT2D eigenvalue weighted by molar-refractivity contribution is 6.46. The normalized spacial score (nSPS) is 17.2. The van der Waals surface area contributed by atoms with E-state index in [9.17, 15) is 14.7 Å². The van der Waals surface area contributed by atoms with Crippen molar-refractivity contribution in [1.82, 2.24) is 4.90 Å². The number of amides is 1. The summed E-state index contributed by atoms with van der Waals surface area (Å²) in [5.74, 6) is 0.210. The van der Waals surface area contributed by atoms with Crippen molar-refractivity contribution in [3.8, 4) is 11.5 Å². The van der Waals surface area contributed by atoms with Crippen LogP contribution in [0, 0.1) is 0 Å². The Hall–Kier alpha value is -4.00. The molecular weight excluding hydrogens is 434 g/mol. The van der Waals surface area contributed by atoms with Crippen LogP contribution in [0.5, 0.6) is 11.5 Å². The van der Waals surface area contributed by atoms with Crippen LogP contribution in [0.3, 0.4) is 0 Å². The Morgan fingerprint density at radius 3 is 2.26 bits per heavy atom. The van der Waals surface area contributed by atoms with E-state index in [1.165, 1.54) is 11.2 Å². The summed E-state index contributed by atoms with van der Waals surface area (Å²) in [5, 5.41) is 11.2. The topological polar surface area (TPSA) is 89.2 Å². The summed E-state index contributed by atoms with van der Waals surface area (Å²) in [4.78, 5) is 27.6.